The van der Waals surface area contributed by atoms with E-state index in [1.54, 1.807) is 0 Å². The maximum Gasteiger partial charge on any atom is 0.113 e. The van der Waals surface area contributed by atoms with Gasteiger partial charge in [0.2, 0.25) is 0 Å². The van der Waals surface area contributed by atoms with Gasteiger partial charge in [-0.3, -0.25) is 0 Å². The summed E-state index contributed by atoms with van der Waals surface area (Å²) in [5.74, 6) is 0. The van der Waals surface area contributed by atoms with Gasteiger partial charge in [0.05, 0.1) is 126 Å². The molecule has 33 heavy (non-hydrogen) atoms. The van der Waals surface area contributed by atoms with E-state index in [2.05, 4.69) is 0 Å². The Labute approximate surface area is 198 Å². The van der Waals surface area contributed by atoms with Crippen LogP contribution in [-0.2, 0) is 47.4 Å². The molecule has 0 amide bonds. The lowest BCUT2D eigenvalue weighted by atomic mass is 10.6. The standard InChI is InChI=1S/C22H45FO10/c1-2-24-5-6-26-9-10-28-13-14-30-17-18-32-21-22-33-20-19-31-16-15-29-12-11-27-8-7-25-4-3-23/h2-22H2,1H3. The number of hydrogen-bond acceptors (Lipinski definition) is 10. The van der Waals surface area contributed by atoms with Crippen LogP contribution in [0.1, 0.15) is 6.92 Å². The number of rotatable bonds is 30. The van der Waals surface area contributed by atoms with Crippen molar-refractivity contribution in [3.05, 3.63) is 0 Å². The van der Waals surface area contributed by atoms with Crippen LogP contribution in [0.5, 0.6) is 0 Å². The Morgan fingerprint density at radius 3 is 0.667 bits per heavy atom. The lowest BCUT2D eigenvalue weighted by Crippen LogP contribution is -2.15. The van der Waals surface area contributed by atoms with E-state index in [1.807, 2.05) is 6.92 Å². The second-order valence-electron chi connectivity index (χ2n) is 6.40. The molecule has 0 aliphatic carbocycles. The van der Waals surface area contributed by atoms with Crippen molar-refractivity contribution in [1.82, 2.24) is 0 Å². The van der Waals surface area contributed by atoms with E-state index in [1.165, 1.54) is 0 Å². The normalized spacial score (nSPS) is 11.5. The van der Waals surface area contributed by atoms with E-state index in [0.29, 0.717) is 126 Å². The van der Waals surface area contributed by atoms with Crippen LogP contribution in [0.2, 0.25) is 0 Å². The van der Waals surface area contributed by atoms with Gasteiger partial charge in [0, 0.05) is 6.61 Å². The van der Waals surface area contributed by atoms with Gasteiger partial charge >= 0.3 is 0 Å². The van der Waals surface area contributed by atoms with E-state index in [4.69, 9.17) is 47.4 Å². The minimum absolute atomic E-state index is 0.118. The Bertz CT molecular complexity index is 312. The first-order valence-electron chi connectivity index (χ1n) is 11.7. The fraction of sp³-hybridized carbons (Fsp3) is 1.00. The molecule has 0 unspecified atom stereocenters. The molecule has 0 aliphatic heterocycles. The van der Waals surface area contributed by atoms with Crippen LogP contribution in [0.3, 0.4) is 0 Å². The largest absolute Gasteiger partial charge is 0.379 e. The van der Waals surface area contributed by atoms with Crippen molar-refractivity contribution >= 4 is 0 Å². The van der Waals surface area contributed by atoms with Crippen LogP contribution in [0.25, 0.3) is 0 Å². The monoisotopic (exact) mass is 488 g/mol. The van der Waals surface area contributed by atoms with Gasteiger partial charge in [-0.25, -0.2) is 4.39 Å². The lowest BCUT2D eigenvalue weighted by molar-refractivity contribution is -0.0264. The first-order valence-corrected chi connectivity index (χ1v) is 11.7. The van der Waals surface area contributed by atoms with Gasteiger partial charge in [-0.15, -0.1) is 0 Å². The maximum absolute atomic E-state index is 11.8. The molecule has 10 nitrogen and oxygen atoms in total. The summed E-state index contributed by atoms with van der Waals surface area (Å²) >= 11 is 0. The molecule has 0 bridgehead atoms. The summed E-state index contributed by atoms with van der Waals surface area (Å²) in [6.07, 6.45) is 0. The number of hydrogen-bond donors (Lipinski definition) is 0. The first kappa shape index (κ1) is 32.5. The Morgan fingerprint density at radius 1 is 0.303 bits per heavy atom. The Morgan fingerprint density at radius 2 is 0.485 bits per heavy atom. The van der Waals surface area contributed by atoms with Crippen LogP contribution in [0.4, 0.5) is 4.39 Å². The van der Waals surface area contributed by atoms with Gasteiger partial charge in [0.1, 0.15) is 6.67 Å². The second kappa shape index (κ2) is 31.5. The Hall–Kier alpha value is -0.470. The van der Waals surface area contributed by atoms with E-state index < -0.39 is 6.67 Å². The Kier molecular flexibility index (Phi) is 31.1. The highest BCUT2D eigenvalue weighted by molar-refractivity contribution is 4.38. The minimum atomic E-state index is -0.470. The predicted molar refractivity (Wildman–Crippen MR) is 120 cm³/mol. The van der Waals surface area contributed by atoms with Crippen molar-refractivity contribution in [3.8, 4) is 0 Å². The van der Waals surface area contributed by atoms with Crippen LogP contribution in [0.15, 0.2) is 0 Å². The van der Waals surface area contributed by atoms with Crippen LogP contribution in [-0.4, -0.2) is 139 Å². The molecule has 0 heterocycles. The quantitative estimate of drug-likeness (QED) is 0.137. The van der Waals surface area contributed by atoms with Crippen molar-refractivity contribution in [2.24, 2.45) is 0 Å². The smallest absolute Gasteiger partial charge is 0.113 e. The fourth-order valence-corrected chi connectivity index (χ4v) is 2.18. The highest BCUT2D eigenvalue weighted by Gasteiger charge is 1.95. The third-order valence-corrected chi connectivity index (χ3v) is 3.77. The van der Waals surface area contributed by atoms with Crippen LogP contribution in [0, 0.1) is 0 Å². The minimum Gasteiger partial charge on any atom is -0.379 e. The summed E-state index contributed by atoms with van der Waals surface area (Å²) < 4.78 is 64.9. The molecular weight excluding hydrogens is 443 g/mol. The van der Waals surface area contributed by atoms with Crippen molar-refractivity contribution in [2.45, 2.75) is 6.92 Å². The zero-order valence-corrected chi connectivity index (χ0v) is 20.3. The molecule has 0 N–H and O–H groups in total. The first-order chi connectivity index (χ1) is 16.4. The van der Waals surface area contributed by atoms with E-state index >= 15 is 0 Å². The SMILES string of the molecule is CCOCCOCCOCCOCCOCCOCCOCCOCCOCCOCCF. The van der Waals surface area contributed by atoms with Crippen LogP contribution >= 0.6 is 0 Å². The van der Waals surface area contributed by atoms with Gasteiger partial charge in [-0.05, 0) is 6.92 Å². The second-order valence-corrected chi connectivity index (χ2v) is 6.40. The van der Waals surface area contributed by atoms with Crippen molar-refractivity contribution < 1.29 is 51.8 Å². The summed E-state index contributed by atoms with van der Waals surface area (Å²) in [5.41, 5.74) is 0. The van der Waals surface area contributed by atoms with Gasteiger partial charge in [0.25, 0.3) is 0 Å². The number of alkyl halides is 1. The molecule has 0 saturated carbocycles. The maximum atomic E-state index is 11.8. The molecule has 11 heteroatoms. The van der Waals surface area contributed by atoms with Crippen LogP contribution < -0.4 is 0 Å². The van der Waals surface area contributed by atoms with Crippen molar-refractivity contribution in [3.63, 3.8) is 0 Å². The fourth-order valence-electron chi connectivity index (χ4n) is 2.18. The summed E-state index contributed by atoms with van der Waals surface area (Å²) in [7, 11) is 0. The zero-order chi connectivity index (χ0) is 23.9. The molecule has 0 aliphatic rings. The molecule has 0 atom stereocenters. The number of halogens is 1. The molecule has 0 rings (SSSR count). The third-order valence-electron chi connectivity index (χ3n) is 3.77. The molecule has 0 fully saturated rings. The predicted octanol–water partition coefficient (Wildman–Crippen LogP) is 1.14. The Balaban J connectivity index is 2.99. The van der Waals surface area contributed by atoms with Crippen molar-refractivity contribution in [2.75, 3.05) is 139 Å². The molecule has 0 aromatic heterocycles. The average molecular weight is 489 g/mol. The van der Waals surface area contributed by atoms with E-state index in [-0.39, 0.29) is 6.61 Å². The van der Waals surface area contributed by atoms with Gasteiger partial charge in [-0.2, -0.15) is 0 Å². The van der Waals surface area contributed by atoms with Crippen molar-refractivity contribution in [1.29, 1.82) is 0 Å². The summed E-state index contributed by atoms with van der Waals surface area (Å²) in [6, 6.07) is 0. The van der Waals surface area contributed by atoms with E-state index in [9.17, 15) is 4.39 Å². The molecule has 200 valence electrons. The zero-order valence-electron chi connectivity index (χ0n) is 20.3. The topological polar surface area (TPSA) is 92.3 Å². The van der Waals surface area contributed by atoms with Gasteiger partial charge in [-0.1, -0.05) is 0 Å². The molecule has 0 aromatic rings. The highest BCUT2D eigenvalue weighted by Crippen LogP contribution is 1.86. The summed E-state index contributed by atoms with van der Waals surface area (Å²) in [4.78, 5) is 0. The van der Waals surface area contributed by atoms with Gasteiger partial charge in [0.15, 0.2) is 0 Å². The summed E-state index contributed by atoms with van der Waals surface area (Å²) in [6.45, 7) is 11.6. The average Bonchev–Trinajstić information content (AvgIpc) is 2.83. The van der Waals surface area contributed by atoms with Gasteiger partial charge < -0.3 is 47.4 Å². The molecular formula is C22H45FO10. The molecule has 0 saturated heterocycles. The number of ether oxygens (including phenoxy) is 10. The molecule has 0 radical (unpaired) electrons. The van der Waals surface area contributed by atoms with E-state index in [0.717, 1.165) is 0 Å². The lowest BCUT2D eigenvalue weighted by Gasteiger charge is -2.08. The summed E-state index contributed by atoms with van der Waals surface area (Å²) in [5, 5.41) is 0. The molecule has 0 aromatic carbocycles. The third kappa shape index (κ3) is 31.5. The highest BCUT2D eigenvalue weighted by atomic mass is 19.1. The molecule has 0 spiro atoms.